The number of aromatic nitrogens is 4. The van der Waals surface area contributed by atoms with Crippen molar-refractivity contribution in [2.75, 3.05) is 19.4 Å². The number of carbonyl (C=O) groups excluding carboxylic acids is 1. The van der Waals surface area contributed by atoms with Crippen LogP contribution in [0.3, 0.4) is 0 Å². The molecule has 0 spiro atoms. The smallest absolute Gasteiger partial charge is 0.328 e. The van der Waals surface area contributed by atoms with Crippen molar-refractivity contribution in [1.29, 1.82) is 0 Å². The Bertz CT molecular complexity index is 1240. The van der Waals surface area contributed by atoms with Crippen molar-refractivity contribution in [1.82, 2.24) is 24.4 Å². The maximum atomic E-state index is 12.6. The molecule has 3 N–H and O–H groups in total. The second-order valence-electron chi connectivity index (χ2n) is 7.36. The molecule has 0 aliphatic carbocycles. The number of allylic oxidation sites excluding steroid dienone is 1. The lowest BCUT2D eigenvalue weighted by molar-refractivity contribution is 0.0816. The topological polar surface area (TPSA) is 119 Å². The summed E-state index contributed by atoms with van der Waals surface area (Å²) in [5.41, 5.74) is 10.1. The Hall–Kier alpha value is -3.62. The van der Waals surface area contributed by atoms with E-state index in [1.54, 1.807) is 11.9 Å². The van der Waals surface area contributed by atoms with Gasteiger partial charge in [0.1, 0.15) is 5.52 Å². The van der Waals surface area contributed by atoms with Crippen LogP contribution in [0.15, 0.2) is 29.1 Å². The quantitative estimate of drug-likeness (QED) is 0.555. The lowest BCUT2D eigenvalue weighted by Crippen LogP contribution is -2.19. The lowest BCUT2D eigenvalue weighted by Gasteiger charge is -2.11. The van der Waals surface area contributed by atoms with Crippen molar-refractivity contribution in [3.05, 3.63) is 57.0 Å². The third-order valence-corrected chi connectivity index (χ3v) is 5.37. The molecule has 0 saturated carbocycles. The SMILES string of the molecule is CN1Cc2c3cc(cc2C1=O)Cn1c(=O)[nH]c2c(N)nc(nc21)OCC/C=C\C3. The van der Waals surface area contributed by atoms with E-state index in [9.17, 15) is 9.59 Å². The molecule has 2 aromatic heterocycles. The number of anilines is 1. The number of fused-ring (bicyclic) bond motifs is 5. The molecule has 0 fully saturated rings. The highest BCUT2D eigenvalue weighted by Gasteiger charge is 2.27. The zero-order chi connectivity index (χ0) is 20.1. The van der Waals surface area contributed by atoms with Gasteiger partial charge < -0.3 is 20.4 Å². The molecule has 1 aromatic carbocycles. The van der Waals surface area contributed by atoms with E-state index in [0.717, 1.165) is 16.7 Å². The number of aromatic amines is 1. The molecule has 0 saturated heterocycles. The van der Waals surface area contributed by atoms with Gasteiger partial charge in [-0.1, -0.05) is 18.2 Å². The third kappa shape index (κ3) is 2.86. The predicted octanol–water partition coefficient (Wildman–Crippen LogP) is 1.22. The number of H-pyrrole nitrogens is 1. The fourth-order valence-electron chi connectivity index (χ4n) is 3.93. The van der Waals surface area contributed by atoms with Gasteiger partial charge in [-0.25, -0.2) is 4.79 Å². The number of hydrogen-bond acceptors (Lipinski definition) is 6. The van der Waals surface area contributed by atoms with Gasteiger partial charge in [-0.3, -0.25) is 9.36 Å². The molecular weight excluding hydrogens is 372 g/mol. The molecule has 9 heteroatoms. The van der Waals surface area contributed by atoms with Gasteiger partial charge in [0.15, 0.2) is 11.5 Å². The van der Waals surface area contributed by atoms with Crippen molar-refractivity contribution in [3.8, 4) is 6.01 Å². The summed E-state index contributed by atoms with van der Waals surface area (Å²) in [4.78, 5) is 38.1. The summed E-state index contributed by atoms with van der Waals surface area (Å²) < 4.78 is 7.12. The summed E-state index contributed by atoms with van der Waals surface area (Å²) in [6.07, 6.45) is 5.51. The van der Waals surface area contributed by atoms with Gasteiger partial charge in [-0.15, -0.1) is 0 Å². The number of nitrogens with zero attached hydrogens (tertiary/aromatic N) is 4. The summed E-state index contributed by atoms with van der Waals surface area (Å²) in [6.45, 7) is 1.26. The van der Waals surface area contributed by atoms with E-state index in [1.807, 2.05) is 12.1 Å². The average molecular weight is 392 g/mol. The summed E-state index contributed by atoms with van der Waals surface area (Å²) in [6, 6.07) is 4.07. The largest absolute Gasteiger partial charge is 0.463 e. The first-order valence-electron chi connectivity index (χ1n) is 9.45. The van der Waals surface area contributed by atoms with Crippen LogP contribution in [0.25, 0.3) is 11.2 Å². The van der Waals surface area contributed by atoms with Gasteiger partial charge in [0.2, 0.25) is 0 Å². The average Bonchev–Trinajstić information content (AvgIpc) is 3.16. The number of hydrogen-bond donors (Lipinski definition) is 2. The Morgan fingerprint density at radius 1 is 1.17 bits per heavy atom. The number of nitrogens with one attached hydrogen (secondary N) is 1. The van der Waals surface area contributed by atoms with E-state index in [-0.39, 0.29) is 30.0 Å². The zero-order valence-corrected chi connectivity index (χ0v) is 15.9. The first-order chi connectivity index (χ1) is 14.0. The molecule has 0 radical (unpaired) electrons. The first-order valence-corrected chi connectivity index (χ1v) is 9.45. The van der Waals surface area contributed by atoms with Crippen LogP contribution in [0, 0.1) is 0 Å². The van der Waals surface area contributed by atoms with Crippen LogP contribution in [0.2, 0.25) is 0 Å². The molecular formula is C20H20N6O3. The molecule has 3 aromatic rings. The molecule has 148 valence electrons. The van der Waals surface area contributed by atoms with E-state index < -0.39 is 0 Å². The molecule has 2 aliphatic rings. The van der Waals surface area contributed by atoms with Crippen LogP contribution < -0.4 is 16.2 Å². The zero-order valence-electron chi connectivity index (χ0n) is 15.9. The maximum absolute atomic E-state index is 12.6. The van der Waals surface area contributed by atoms with Crippen LogP contribution in [-0.2, 0) is 19.5 Å². The Labute approximate surface area is 165 Å². The highest BCUT2D eigenvalue weighted by molar-refractivity contribution is 5.98. The Balaban J connectivity index is 1.71. The van der Waals surface area contributed by atoms with Crippen molar-refractivity contribution in [2.24, 2.45) is 0 Å². The van der Waals surface area contributed by atoms with Gasteiger partial charge in [0, 0.05) is 19.2 Å². The molecule has 0 unspecified atom stereocenters. The monoisotopic (exact) mass is 392 g/mol. The lowest BCUT2D eigenvalue weighted by atomic mass is 9.97. The Morgan fingerprint density at radius 3 is 2.90 bits per heavy atom. The predicted molar refractivity (Wildman–Crippen MR) is 107 cm³/mol. The second-order valence-corrected chi connectivity index (χ2v) is 7.36. The number of benzene rings is 1. The summed E-state index contributed by atoms with van der Waals surface area (Å²) >= 11 is 0. The first kappa shape index (κ1) is 17.5. The van der Waals surface area contributed by atoms with E-state index in [4.69, 9.17) is 10.5 Å². The summed E-state index contributed by atoms with van der Waals surface area (Å²) in [7, 11) is 1.80. The number of rotatable bonds is 0. The minimum atomic E-state index is -0.337. The van der Waals surface area contributed by atoms with Crippen molar-refractivity contribution in [2.45, 2.75) is 25.9 Å². The fraction of sp³-hybridized carbons (Fsp3) is 0.300. The molecule has 2 aliphatic heterocycles. The summed E-state index contributed by atoms with van der Waals surface area (Å²) in [5, 5.41) is 0. The number of imidazole rings is 1. The van der Waals surface area contributed by atoms with Crippen molar-refractivity contribution < 1.29 is 9.53 Å². The number of ether oxygens (including phenoxy) is 1. The number of amides is 1. The maximum Gasteiger partial charge on any atom is 0.328 e. The second kappa shape index (κ2) is 6.47. The van der Waals surface area contributed by atoms with Crippen LogP contribution in [0.1, 0.15) is 33.5 Å². The minimum Gasteiger partial charge on any atom is -0.463 e. The van der Waals surface area contributed by atoms with Crippen LogP contribution in [-0.4, -0.2) is 44.0 Å². The molecule has 9 nitrogen and oxygen atoms in total. The van der Waals surface area contributed by atoms with Gasteiger partial charge in [0.05, 0.1) is 13.2 Å². The fourth-order valence-corrected chi connectivity index (χ4v) is 3.93. The number of nitrogen functional groups attached to an aromatic ring is 1. The van der Waals surface area contributed by atoms with E-state index in [0.29, 0.717) is 42.7 Å². The van der Waals surface area contributed by atoms with Gasteiger partial charge in [-0.2, -0.15) is 9.97 Å². The minimum absolute atomic E-state index is 0.00160. The molecule has 1 amide bonds. The number of carbonyl (C=O) groups is 1. The standard InChI is InChI=1S/C20H20N6O3/c1-25-10-14-12-5-3-2-4-6-29-19-23-16(21)15-17(24-19)26(20(28)22-15)9-11(7-12)8-13(14)18(25)27/h2-3,7-8H,4-6,9-10H2,1H3,(H,22,28)(H2,21,23,24)/b3-2-. The molecule has 5 rings (SSSR count). The van der Waals surface area contributed by atoms with E-state index in [2.05, 4.69) is 27.1 Å². The molecule has 29 heavy (non-hydrogen) atoms. The Kier molecular flexibility index (Phi) is 3.90. The van der Waals surface area contributed by atoms with Crippen molar-refractivity contribution >= 4 is 22.9 Å². The van der Waals surface area contributed by atoms with Gasteiger partial charge in [0.25, 0.3) is 5.91 Å². The van der Waals surface area contributed by atoms with E-state index in [1.165, 1.54) is 4.57 Å². The number of nitrogens with two attached hydrogens (primary N) is 1. The van der Waals surface area contributed by atoms with Gasteiger partial charge >= 0.3 is 11.7 Å². The molecule has 0 atom stereocenters. The van der Waals surface area contributed by atoms with Crippen LogP contribution >= 0.6 is 0 Å². The molecule has 4 bridgehead atoms. The normalized spacial score (nSPS) is 17.3. The van der Waals surface area contributed by atoms with Crippen molar-refractivity contribution in [3.63, 3.8) is 0 Å². The third-order valence-electron chi connectivity index (χ3n) is 5.37. The highest BCUT2D eigenvalue weighted by atomic mass is 16.5. The van der Waals surface area contributed by atoms with Gasteiger partial charge in [-0.05, 0) is 35.6 Å². The van der Waals surface area contributed by atoms with Crippen LogP contribution in [0.5, 0.6) is 6.01 Å². The Morgan fingerprint density at radius 2 is 2.03 bits per heavy atom. The summed E-state index contributed by atoms with van der Waals surface area (Å²) in [5.74, 6) is 0.164. The van der Waals surface area contributed by atoms with Crippen LogP contribution in [0.4, 0.5) is 5.82 Å². The molecule has 4 heterocycles. The highest BCUT2D eigenvalue weighted by Crippen LogP contribution is 2.28. The van der Waals surface area contributed by atoms with E-state index >= 15 is 0 Å².